The molecule has 0 bridgehead atoms. The molecule has 1 aromatic heterocycles. The minimum absolute atomic E-state index is 0.143. The Balaban J connectivity index is 1.93. The number of benzene rings is 3. The van der Waals surface area contributed by atoms with Crippen LogP contribution >= 0.6 is 15.9 Å². The van der Waals surface area contributed by atoms with Gasteiger partial charge < -0.3 is 0 Å². The van der Waals surface area contributed by atoms with Crippen molar-refractivity contribution in [2.45, 2.75) is 26.2 Å². The first-order chi connectivity index (χ1) is 12.4. The van der Waals surface area contributed by atoms with E-state index in [1.165, 1.54) is 5.56 Å². The maximum Gasteiger partial charge on any atom is 0.145 e. The Morgan fingerprint density at radius 1 is 0.808 bits per heavy atom. The molecular formula is C23H21BrN2. The zero-order chi connectivity index (χ0) is 18.3. The molecule has 0 aliphatic rings. The number of fused-ring (bicyclic) bond motifs is 1. The summed E-state index contributed by atoms with van der Waals surface area (Å²) >= 11 is 3.52. The molecule has 130 valence electrons. The highest BCUT2D eigenvalue weighted by Gasteiger charge is 2.16. The molecule has 0 saturated heterocycles. The van der Waals surface area contributed by atoms with Crippen molar-refractivity contribution in [1.29, 1.82) is 0 Å². The van der Waals surface area contributed by atoms with Crippen LogP contribution in [0.15, 0.2) is 77.3 Å². The summed E-state index contributed by atoms with van der Waals surface area (Å²) in [6, 6.07) is 25.4. The van der Waals surface area contributed by atoms with Crippen LogP contribution in [-0.2, 0) is 5.41 Å². The van der Waals surface area contributed by atoms with Gasteiger partial charge in [0.15, 0.2) is 0 Å². The van der Waals surface area contributed by atoms with Crippen molar-refractivity contribution < 1.29 is 0 Å². The van der Waals surface area contributed by atoms with Crippen molar-refractivity contribution in [3.63, 3.8) is 0 Å². The van der Waals surface area contributed by atoms with E-state index in [9.17, 15) is 0 Å². The Morgan fingerprint density at radius 2 is 1.46 bits per heavy atom. The second-order valence-electron chi connectivity index (χ2n) is 7.56. The molecular weight excluding hydrogens is 384 g/mol. The van der Waals surface area contributed by atoms with E-state index < -0.39 is 0 Å². The van der Waals surface area contributed by atoms with Crippen molar-refractivity contribution in [1.82, 2.24) is 9.55 Å². The summed E-state index contributed by atoms with van der Waals surface area (Å²) in [6.07, 6.45) is 0. The van der Waals surface area contributed by atoms with E-state index in [1.807, 2.05) is 6.07 Å². The van der Waals surface area contributed by atoms with Gasteiger partial charge in [0.1, 0.15) is 5.82 Å². The van der Waals surface area contributed by atoms with Gasteiger partial charge >= 0.3 is 0 Å². The number of imidazole rings is 1. The number of aromatic nitrogens is 2. The van der Waals surface area contributed by atoms with Crippen LogP contribution < -0.4 is 0 Å². The molecule has 0 aliphatic carbocycles. The lowest BCUT2D eigenvalue weighted by atomic mass is 9.87. The van der Waals surface area contributed by atoms with E-state index in [-0.39, 0.29) is 5.41 Å². The Labute approximate surface area is 162 Å². The highest BCUT2D eigenvalue weighted by molar-refractivity contribution is 9.10. The van der Waals surface area contributed by atoms with Gasteiger partial charge in [-0.2, -0.15) is 0 Å². The second-order valence-corrected chi connectivity index (χ2v) is 8.48. The number of halogens is 1. The number of nitrogens with zero attached hydrogens (tertiary/aromatic N) is 2. The van der Waals surface area contributed by atoms with Gasteiger partial charge in [0, 0.05) is 15.7 Å². The molecule has 1 heterocycles. The van der Waals surface area contributed by atoms with Crippen molar-refractivity contribution in [2.24, 2.45) is 0 Å². The van der Waals surface area contributed by atoms with Crippen LogP contribution in [0.4, 0.5) is 0 Å². The van der Waals surface area contributed by atoms with Gasteiger partial charge in [-0.1, -0.05) is 73.1 Å². The topological polar surface area (TPSA) is 17.8 Å². The van der Waals surface area contributed by atoms with Gasteiger partial charge in [0.25, 0.3) is 0 Å². The molecule has 0 atom stereocenters. The van der Waals surface area contributed by atoms with Crippen LogP contribution in [0.2, 0.25) is 0 Å². The van der Waals surface area contributed by atoms with Gasteiger partial charge in [-0.05, 0) is 47.4 Å². The van der Waals surface area contributed by atoms with Crippen LogP contribution in [0.1, 0.15) is 26.3 Å². The van der Waals surface area contributed by atoms with E-state index in [2.05, 4.69) is 108 Å². The van der Waals surface area contributed by atoms with Crippen LogP contribution in [-0.4, -0.2) is 9.55 Å². The Hall–Kier alpha value is -2.39. The molecule has 0 saturated carbocycles. The van der Waals surface area contributed by atoms with Crippen LogP contribution in [0.5, 0.6) is 0 Å². The summed E-state index contributed by atoms with van der Waals surface area (Å²) in [6.45, 7) is 6.71. The summed E-state index contributed by atoms with van der Waals surface area (Å²) in [5, 5.41) is 0. The molecule has 3 aromatic carbocycles. The normalized spacial score (nSPS) is 11.8. The fourth-order valence-electron chi connectivity index (χ4n) is 3.19. The Kier molecular flexibility index (Phi) is 4.20. The quantitative estimate of drug-likeness (QED) is 0.361. The number of para-hydroxylation sites is 2. The monoisotopic (exact) mass is 404 g/mol. The molecule has 0 aliphatic heterocycles. The van der Waals surface area contributed by atoms with Gasteiger partial charge in [0.05, 0.1) is 11.0 Å². The first kappa shape index (κ1) is 17.0. The van der Waals surface area contributed by atoms with Crippen molar-refractivity contribution in [2.75, 3.05) is 0 Å². The first-order valence-electron chi connectivity index (χ1n) is 8.78. The molecule has 0 spiro atoms. The summed E-state index contributed by atoms with van der Waals surface area (Å²) in [4.78, 5) is 4.91. The van der Waals surface area contributed by atoms with Crippen molar-refractivity contribution >= 4 is 27.0 Å². The number of rotatable bonds is 2. The zero-order valence-electron chi connectivity index (χ0n) is 15.2. The molecule has 4 rings (SSSR count). The van der Waals surface area contributed by atoms with Gasteiger partial charge in [-0.25, -0.2) is 4.98 Å². The van der Waals surface area contributed by atoms with Gasteiger partial charge in [0.2, 0.25) is 0 Å². The number of hydrogen-bond donors (Lipinski definition) is 0. The van der Waals surface area contributed by atoms with Crippen molar-refractivity contribution in [3.8, 4) is 17.1 Å². The lowest BCUT2D eigenvalue weighted by Gasteiger charge is -2.19. The fraction of sp³-hybridized carbons (Fsp3) is 0.174. The van der Waals surface area contributed by atoms with Crippen molar-refractivity contribution in [3.05, 3.63) is 82.8 Å². The minimum Gasteiger partial charge on any atom is -0.292 e. The largest absolute Gasteiger partial charge is 0.292 e. The number of hydrogen-bond acceptors (Lipinski definition) is 1. The van der Waals surface area contributed by atoms with E-state index in [4.69, 9.17) is 4.98 Å². The standard InChI is InChI=1S/C23H21BrN2/c1-23(2,3)17-10-14-19(15-11-17)26-21-7-5-4-6-20(21)25-22(26)16-8-12-18(24)13-9-16/h4-15H,1-3H3. The third-order valence-corrected chi connectivity index (χ3v) is 5.18. The van der Waals surface area contributed by atoms with Gasteiger partial charge in [-0.15, -0.1) is 0 Å². The summed E-state index contributed by atoms with van der Waals surface area (Å²) in [5.41, 5.74) is 5.83. The highest BCUT2D eigenvalue weighted by Crippen LogP contribution is 2.30. The summed E-state index contributed by atoms with van der Waals surface area (Å²) in [5.74, 6) is 0.960. The molecule has 3 heteroatoms. The molecule has 0 fully saturated rings. The van der Waals surface area contributed by atoms with E-state index in [0.717, 1.165) is 32.6 Å². The minimum atomic E-state index is 0.143. The molecule has 0 N–H and O–H groups in total. The SMILES string of the molecule is CC(C)(C)c1ccc(-n2c(-c3ccc(Br)cc3)nc3ccccc32)cc1. The maximum absolute atomic E-state index is 4.91. The fourth-order valence-corrected chi connectivity index (χ4v) is 3.45. The summed E-state index contributed by atoms with van der Waals surface area (Å²) < 4.78 is 3.31. The molecule has 0 unspecified atom stereocenters. The summed E-state index contributed by atoms with van der Waals surface area (Å²) in [7, 11) is 0. The predicted molar refractivity (Wildman–Crippen MR) is 113 cm³/mol. The highest BCUT2D eigenvalue weighted by atomic mass is 79.9. The Bertz CT molecular complexity index is 1050. The third-order valence-electron chi connectivity index (χ3n) is 4.65. The Morgan fingerprint density at radius 3 is 2.12 bits per heavy atom. The molecule has 0 radical (unpaired) electrons. The average Bonchev–Trinajstić information content (AvgIpc) is 3.01. The molecule has 26 heavy (non-hydrogen) atoms. The van der Waals surface area contributed by atoms with Crippen LogP contribution in [0.3, 0.4) is 0 Å². The lowest BCUT2D eigenvalue weighted by molar-refractivity contribution is 0.590. The molecule has 4 aromatic rings. The van der Waals surface area contributed by atoms with Gasteiger partial charge in [-0.3, -0.25) is 4.57 Å². The first-order valence-corrected chi connectivity index (χ1v) is 9.57. The molecule has 2 nitrogen and oxygen atoms in total. The zero-order valence-corrected chi connectivity index (χ0v) is 16.8. The predicted octanol–water partition coefficient (Wildman–Crippen LogP) is 6.75. The van der Waals surface area contributed by atoms with Crippen LogP contribution in [0.25, 0.3) is 28.1 Å². The van der Waals surface area contributed by atoms with E-state index >= 15 is 0 Å². The van der Waals surface area contributed by atoms with E-state index in [1.54, 1.807) is 0 Å². The smallest absolute Gasteiger partial charge is 0.145 e. The third kappa shape index (κ3) is 3.08. The lowest BCUT2D eigenvalue weighted by Crippen LogP contribution is -2.11. The van der Waals surface area contributed by atoms with E-state index in [0.29, 0.717) is 0 Å². The average molecular weight is 405 g/mol. The second kappa shape index (κ2) is 6.40. The maximum atomic E-state index is 4.91. The van der Waals surface area contributed by atoms with Crippen LogP contribution in [0, 0.1) is 0 Å². The molecule has 0 amide bonds.